The number of fused-ring (bicyclic) bond motifs is 3. The van der Waals surface area contributed by atoms with E-state index in [-0.39, 0.29) is 5.84 Å². The van der Waals surface area contributed by atoms with Crippen LogP contribution in [0.5, 0.6) is 0 Å². The first-order valence-electron chi connectivity index (χ1n) is 20.3. The number of anilines is 2. The first-order chi connectivity index (χ1) is 30.0. The summed E-state index contributed by atoms with van der Waals surface area (Å²) in [4.78, 5) is 2.11. The van der Waals surface area contributed by atoms with E-state index in [1.54, 1.807) is 12.2 Å². The lowest BCUT2D eigenvalue weighted by atomic mass is 9.93. The molecule has 0 aliphatic rings. The van der Waals surface area contributed by atoms with Gasteiger partial charge in [-0.05, 0) is 120 Å². The van der Waals surface area contributed by atoms with Gasteiger partial charge >= 0.3 is 0 Å². The van der Waals surface area contributed by atoms with Crippen molar-refractivity contribution < 1.29 is 0 Å². The van der Waals surface area contributed by atoms with Gasteiger partial charge in [0.15, 0.2) is 0 Å². The van der Waals surface area contributed by atoms with E-state index in [1.165, 1.54) is 51.8 Å². The van der Waals surface area contributed by atoms with Crippen LogP contribution >= 0.6 is 0 Å². The number of hydrogen-bond acceptors (Lipinski definition) is 4. The molecular weight excluding hydrogens is 745 g/mol. The molecule has 0 fully saturated rings. The van der Waals surface area contributed by atoms with Crippen molar-refractivity contribution in [3.63, 3.8) is 0 Å². The second-order valence-corrected chi connectivity index (χ2v) is 14.2. The largest absolute Gasteiger partial charge is 0.405 e. The highest BCUT2D eigenvalue weighted by atomic mass is 15.1. The van der Waals surface area contributed by atoms with Gasteiger partial charge in [-0.1, -0.05) is 146 Å². The number of allylic oxidation sites excluding steroid dienone is 5. The number of amidine groups is 1. The van der Waals surface area contributed by atoms with Crippen LogP contribution in [0.25, 0.3) is 60.9 Å². The maximum atomic E-state index is 8.15. The number of nitrogens with two attached hydrogens (primary N) is 3. The minimum Gasteiger partial charge on any atom is -0.405 e. The van der Waals surface area contributed by atoms with Crippen LogP contribution in [0.4, 0.5) is 11.4 Å². The fraction of sp³-hybridized carbons (Fsp3) is 0.0364. The smallest absolute Gasteiger partial charge is 0.122 e. The zero-order valence-electron chi connectivity index (χ0n) is 34.3. The average molecular weight is 795 g/mol. The lowest BCUT2D eigenvalue weighted by Gasteiger charge is -2.22. The number of rotatable bonds is 13. The van der Waals surface area contributed by atoms with Crippen molar-refractivity contribution in [1.82, 2.24) is 4.57 Å². The Hall–Kier alpha value is -7.93. The van der Waals surface area contributed by atoms with Gasteiger partial charge in [-0.2, -0.15) is 0 Å². The van der Waals surface area contributed by atoms with Crippen LogP contribution in [0.2, 0.25) is 0 Å². The summed E-state index contributed by atoms with van der Waals surface area (Å²) < 4.78 is 2.42. The number of nitrogens with zero attached hydrogens (tertiary/aromatic N) is 2. The quantitative estimate of drug-likeness (QED) is 0.0529. The fourth-order valence-corrected chi connectivity index (χ4v) is 7.70. The molecule has 0 atom stereocenters. The third-order valence-corrected chi connectivity index (χ3v) is 10.5. The normalized spacial score (nSPS) is 11.7. The summed E-state index contributed by atoms with van der Waals surface area (Å²) in [5, 5.41) is 10.5. The van der Waals surface area contributed by atoms with Crippen LogP contribution in [0, 0.1) is 5.41 Å². The first kappa shape index (κ1) is 41.2. The maximum Gasteiger partial charge on any atom is 0.122 e. The molecule has 8 aromatic rings. The molecule has 6 nitrogen and oxygen atoms in total. The Labute approximate surface area is 358 Å². The van der Waals surface area contributed by atoms with E-state index in [4.69, 9.17) is 16.9 Å². The summed E-state index contributed by atoms with van der Waals surface area (Å²) in [6.45, 7) is 3.82. The number of aromatic nitrogens is 1. The van der Waals surface area contributed by atoms with Crippen LogP contribution in [0.15, 0.2) is 231 Å². The van der Waals surface area contributed by atoms with Crippen LogP contribution in [-0.2, 0) is 6.42 Å². The van der Waals surface area contributed by atoms with Crippen LogP contribution in [0.1, 0.15) is 5.56 Å². The minimum absolute atomic E-state index is 0.0315. The van der Waals surface area contributed by atoms with Gasteiger partial charge in [-0.25, -0.2) is 0 Å². The molecule has 7 N–H and O–H groups in total. The highest BCUT2D eigenvalue weighted by Gasteiger charge is 2.21. The third-order valence-electron chi connectivity index (χ3n) is 10.5. The maximum absolute atomic E-state index is 8.15. The van der Waals surface area contributed by atoms with Gasteiger partial charge in [0, 0.05) is 45.2 Å². The Morgan fingerprint density at radius 3 is 1.84 bits per heavy atom. The molecule has 61 heavy (non-hydrogen) atoms. The average Bonchev–Trinajstić information content (AvgIpc) is 3.66. The van der Waals surface area contributed by atoms with E-state index >= 15 is 0 Å². The number of hydrogen-bond donors (Lipinski definition) is 4. The van der Waals surface area contributed by atoms with Crippen molar-refractivity contribution in [1.29, 1.82) is 5.41 Å². The molecule has 300 valence electrons. The summed E-state index contributed by atoms with van der Waals surface area (Å²) in [5.41, 5.74) is 29.9. The van der Waals surface area contributed by atoms with Gasteiger partial charge < -0.3 is 26.7 Å². The first-order valence-corrected chi connectivity index (χ1v) is 20.3. The molecule has 0 radical (unpaired) electrons. The van der Waals surface area contributed by atoms with E-state index < -0.39 is 0 Å². The molecule has 0 bridgehead atoms. The molecule has 0 aliphatic heterocycles. The van der Waals surface area contributed by atoms with Crippen molar-refractivity contribution in [3.8, 4) is 39.1 Å². The summed E-state index contributed by atoms with van der Waals surface area (Å²) in [5.74, 6) is -0.0315. The van der Waals surface area contributed by atoms with Gasteiger partial charge in [-0.3, -0.25) is 5.41 Å². The molecule has 0 saturated heterocycles. The summed E-state index contributed by atoms with van der Waals surface area (Å²) in [6.07, 6.45) is 15.4. The predicted molar refractivity (Wildman–Crippen MR) is 261 cm³/mol. The fourth-order valence-electron chi connectivity index (χ4n) is 7.70. The standard InChI is InChI=1S/C54H45N5.CH5N/c1-2-16-43(54(56)57)34-36-58(45-28-26-39(27-29-45)17-7-6-14-35-55)46-30-32-47(33-31-46)59-51-25-15-24-48(41-20-10-4-11-21-41)52(51)50-38-44(40-18-8-3-9-19-40)37-49(53(50)59)42-22-12-5-13-23-42;1-2/h2-16,18-38H,1,17,55H2,(H3,56,57);2H2,1H3/b7-6-,35-14-,36-34-,43-16+;. The van der Waals surface area contributed by atoms with Crippen molar-refractivity contribution in [2.24, 2.45) is 17.2 Å². The van der Waals surface area contributed by atoms with Crippen molar-refractivity contribution in [2.75, 3.05) is 11.9 Å². The number of benzene rings is 7. The third kappa shape index (κ3) is 9.05. The summed E-state index contributed by atoms with van der Waals surface area (Å²) in [6, 6.07) is 60.5. The Morgan fingerprint density at radius 2 is 1.25 bits per heavy atom. The zero-order chi connectivity index (χ0) is 42.6. The van der Waals surface area contributed by atoms with Gasteiger partial charge in [0.05, 0.1) is 11.0 Å². The molecule has 0 aliphatic carbocycles. The van der Waals surface area contributed by atoms with E-state index in [2.05, 4.69) is 198 Å². The van der Waals surface area contributed by atoms with E-state index in [0.29, 0.717) is 5.57 Å². The molecule has 0 amide bonds. The number of nitrogens with one attached hydrogen (secondary N) is 1. The molecule has 6 heteroatoms. The van der Waals surface area contributed by atoms with Gasteiger partial charge in [0.25, 0.3) is 0 Å². The predicted octanol–water partition coefficient (Wildman–Crippen LogP) is 12.6. The van der Waals surface area contributed by atoms with Gasteiger partial charge in [-0.15, -0.1) is 0 Å². The molecule has 1 aromatic heterocycles. The second kappa shape index (κ2) is 19.7. The molecule has 0 spiro atoms. The molecule has 0 saturated carbocycles. The van der Waals surface area contributed by atoms with E-state index in [0.717, 1.165) is 45.6 Å². The summed E-state index contributed by atoms with van der Waals surface area (Å²) >= 11 is 0. The summed E-state index contributed by atoms with van der Waals surface area (Å²) in [7, 11) is 1.50. The topological polar surface area (TPSA) is 110 Å². The SMILES string of the molecule is C=C/C=C(\C=C/N(c1ccc(C/C=C\C=C/N)cc1)c1ccc(-n2c3cccc(-c4ccccc4)c3c3cc(-c4ccccc4)cc(-c4ccccc4)c32)cc1)C(=N)N.CN. The van der Waals surface area contributed by atoms with Crippen molar-refractivity contribution >= 4 is 39.0 Å². The lowest BCUT2D eigenvalue weighted by molar-refractivity contribution is 1.17. The van der Waals surface area contributed by atoms with E-state index in [1.807, 2.05) is 24.4 Å². The highest BCUT2D eigenvalue weighted by Crippen LogP contribution is 2.44. The Balaban J connectivity index is 0.00000277. The molecular formula is C55H50N6. The van der Waals surface area contributed by atoms with Gasteiger partial charge in [0.1, 0.15) is 5.84 Å². The van der Waals surface area contributed by atoms with Crippen molar-refractivity contribution in [3.05, 3.63) is 236 Å². The molecule has 8 rings (SSSR count). The van der Waals surface area contributed by atoms with E-state index in [9.17, 15) is 0 Å². The molecule has 7 aromatic carbocycles. The lowest BCUT2D eigenvalue weighted by Crippen LogP contribution is -2.13. The van der Waals surface area contributed by atoms with Crippen LogP contribution in [-0.4, -0.2) is 17.5 Å². The Morgan fingerprint density at radius 1 is 0.656 bits per heavy atom. The molecule has 0 unspecified atom stereocenters. The molecule has 1 heterocycles. The highest BCUT2D eigenvalue weighted by molar-refractivity contribution is 6.20. The zero-order valence-corrected chi connectivity index (χ0v) is 34.3. The van der Waals surface area contributed by atoms with Crippen LogP contribution in [0.3, 0.4) is 0 Å². The van der Waals surface area contributed by atoms with Gasteiger partial charge in [0.2, 0.25) is 0 Å². The van der Waals surface area contributed by atoms with Crippen LogP contribution < -0.4 is 22.1 Å². The van der Waals surface area contributed by atoms with Crippen molar-refractivity contribution in [2.45, 2.75) is 6.42 Å². The monoisotopic (exact) mass is 794 g/mol. The Bertz CT molecular complexity index is 2870. The second-order valence-electron chi connectivity index (χ2n) is 14.2. The minimum atomic E-state index is -0.0315. The Kier molecular flexibility index (Phi) is 13.3.